The molecule has 0 spiro atoms. The third kappa shape index (κ3) is 3.91. The van der Waals surface area contributed by atoms with E-state index in [-0.39, 0.29) is 0 Å². The van der Waals surface area contributed by atoms with E-state index in [9.17, 15) is 0 Å². The van der Waals surface area contributed by atoms with Crippen molar-refractivity contribution in [2.24, 2.45) is 0 Å². The maximum absolute atomic E-state index is 5.76. The second-order valence-electron chi connectivity index (χ2n) is 4.68. The fourth-order valence-corrected chi connectivity index (χ4v) is 2.02. The van der Waals surface area contributed by atoms with Crippen molar-refractivity contribution in [3.05, 3.63) is 48.0 Å². The number of rotatable bonds is 6. The van der Waals surface area contributed by atoms with Gasteiger partial charge in [-0.3, -0.25) is 0 Å². The van der Waals surface area contributed by atoms with E-state index in [1.54, 1.807) is 0 Å². The Bertz CT molecular complexity index is 457. The molecule has 1 aromatic heterocycles. The van der Waals surface area contributed by atoms with Crippen LogP contribution in [0.1, 0.15) is 24.0 Å². The molecular formula is C15H20N2O. The van der Waals surface area contributed by atoms with Crippen molar-refractivity contribution in [2.45, 2.75) is 33.2 Å². The van der Waals surface area contributed by atoms with Gasteiger partial charge < -0.3 is 9.30 Å². The lowest BCUT2D eigenvalue weighted by atomic mass is 10.1. The van der Waals surface area contributed by atoms with Crippen LogP contribution in [0.4, 0.5) is 0 Å². The van der Waals surface area contributed by atoms with Crippen LogP contribution in [-0.2, 0) is 6.54 Å². The summed E-state index contributed by atoms with van der Waals surface area (Å²) < 4.78 is 7.86. The van der Waals surface area contributed by atoms with Gasteiger partial charge in [0.25, 0.3) is 0 Å². The fourth-order valence-electron chi connectivity index (χ4n) is 2.02. The molecule has 2 rings (SSSR count). The molecule has 0 aliphatic carbocycles. The number of aryl methyl sites for hydroxylation is 3. The summed E-state index contributed by atoms with van der Waals surface area (Å²) in [4.78, 5) is 4.02. The maximum atomic E-state index is 5.76. The first-order valence-corrected chi connectivity index (χ1v) is 6.41. The van der Waals surface area contributed by atoms with Crippen LogP contribution in [0, 0.1) is 13.8 Å². The predicted octanol–water partition coefficient (Wildman–Crippen LogP) is 3.36. The molecule has 0 aliphatic heterocycles. The smallest absolute Gasteiger partial charge is 0.119 e. The van der Waals surface area contributed by atoms with Crippen LogP contribution in [0.5, 0.6) is 5.75 Å². The predicted molar refractivity (Wildman–Crippen MR) is 72.9 cm³/mol. The standard InChI is InChI=1S/C15H20N2O/c1-13-9-14(2)11-15(10-13)18-8-4-3-6-17-7-5-16-12-17/h5,7,9-12H,3-4,6,8H2,1-2H3. The van der Waals surface area contributed by atoms with Crippen molar-refractivity contribution >= 4 is 0 Å². The number of ether oxygens (including phenoxy) is 1. The third-order valence-electron chi connectivity index (χ3n) is 2.83. The fraction of sp³-hybridized carbons (Fsp3) is 0.400. The van der Waals surface area contributed by atoms with Crippen LogP contribution < -0.4 is 4.74 Å². The first-order valence-electron chi connectivity index (χ1n) is 6.41. The molecule has 2 aromatic rings. The lowest BCUT2D eigenvalue weighted by molar-refractivity contribution is 0.303. The van der Waals surface area contributed by atoms with E-state index in [2.05, 4.69) is 41.6 Å². The topological polar surface area (TPSA) is 27.1 Å². The second-order valence-corrected chi connectivity index (χ2v) is 4.68. The van der Waals surface area contributed by atoms with Gasteiger partial charge in [-0.25, -0.2) is 4.98 Å². The van der Waals surface area contributed by atoms with Gasteiger partial charge in [0.15, 0.2) is 0 Å². The van der Waals surface area contributed by atoms with E-state index in [0.29, 0.717) is 0 Å². The summed E-state index contributed by atoms with van der Waals surface area (Å²) in [5, 5.41) is 0. The van der Waals surface area contributed by atoms with E-state index in [1.807, 2.05) is 18.7 Å². The van der Waals surface area contributed by atoms with E-state index >= 15 is 0 Å². The average molecular weight is 244 g/mol. The summed E-state index contributed by atoms with van der Waals surface area (Å²) in [6.07, 6.45) is 7.83. The Morgan fingerprint density at radius 3 is 2.56 bits per heavy atom. The van der Waals surface area contributed by atoms with Crippen LogP contribution in [0.25, 0.3) is 0 Å². The van der Waals surface area contributed by atoms with Gasteiger partial charge in [0.2, 0.25) is 0 Å². The number of aromatic nitrogens is 2. The largest absolute Gasteiger partial charge is 0.494 e. The van der Waals surface area contributed by atoms with Crippen molar-refractivity contribution < 1.29 is 4.74 Å². The molecule has 0 amide bonds. The van der Waals surface area contributed by atoms with Crippen molar-refractivity contribution in [1.82, 2.24) is 9.55 Å². The quantitative estimate of drug-likeness (QED) is 0.728. The molecular weight excluding hydrogens is 224 g/mol. The molecule has 0 N–H and O–H groups in total. The number of nitrogens with zero attached hydrogens (tertiary/aromatic N) is 2. The van der Waals surface area contributed by atoms with Gasteiger partial charge in [-0.05, 0) is 49.9 Å². The number of hydrogen-bond donors (Lipinski definition) is 0. The summed E-state index contributed by atoms with van der Waals surface area (Å²) in [6, 6.07) is 6.33. The summed E-state index contributed by atoms with van der Waals surface area (Å²) in [7, 11) is 0. The Kier molecular flexibility index (Phi) is 4.40. The van der Waals surface area contributed by atoms with Crippen LogP contribution >= 0.6 is 0 Å². The van der Waals surface area contributed by atoms with E-state index in [4.69, 9.17) is 4.74 Å². The highest BCUT2D eigenvalue weighted by Crippen LogP contribution is 2.16. The highest BCUT2D eigenvalue weighted by molar-refractivity contribution is 5.32. The van der Waals surface area contributed by atoms with Gasteiger partial charge in [0, 0.05) is 18.9 Å². The SMILES string of the molecule is Cc1cc(C)cc(OCCCCn2ccnc2)c1. The second kappa shape index (κ2) is 6.24. The molecule has 1 heterocycles. The number of unbranched alkanes of at least 4 members (excludes halogenated alkanes) is 1. The zero-order chi connectivity index (χ0) is 12.8. The zero-order valence-corrected chi connectivity index (χ0v) is 11.1. The highest BCUT2D eigenvalue weighted by atomic mass is 16.5. The molecule has 0 unspecified atom stereocenters. The summed E-state index contributed by atoms with van der Waals surface area (Å²) in [5.41, 5.74) is 2.51. The van der Waals surface area contributed by atoms with E-state index in [0.717, 1.165) is 31.7 Å². The zero-order valence-electron chi connectivity index (χ0n) is 11.1. The van der Waals surface area contributed by atoms with Gasteiger partial charge in [0.1, 0.15) is 5.75 Å². The van der Waals surface area contributed by atoms with E-state index in [1.165, 1.54) is 11.1 Å². The van der Waals surface area contributed by atoms with Gasteiger partial charge in [-0.15, -0.1) is 0 Å². The van der Waals surface area contributed by atoms with Gasteiger partial charge >= 0.3 is 0 Å². The Hall–Kier alpha value is -1.77. The Morgan fingerprint density at radius 2 is 1.89 bits per heavy atom. The monoisotopic (exact) mass is 244 g/mol. The molecule has 0 fully saturated rings. The molecule has 96 valence electrons. The van der Waals surface area contributed by atoms with Crippen LogP contribution in [0.3, 0.4) is 0 Å². The van der Waals surface area contributed by atoms with Crippen LogP contribution in [0.15, 0.2) is 36.9 Å². The third-order valence-corrected chi connectivity index (χ3v) is 2.83. The average Bonchev–Trinajstić information content (AvgIpc) is 2.80. The minimum atomic E-state index is 0.775. The molecule has 3 nitrogen and oxygen atoms in total. The van der Waals surface area contributed by atoms with Crippen LogP contribution in [-0.4, -0.2) is 16.2 Å². The van der Waals surface area contributed by atoms with Crippen molar-refractivity contribution in [2.75, 3.05) is 6.61 Å². The maximum Gasteiger partial charge on any atom is 0.119 e. The van der Waals surface area contributed by atoms with Gasteiger partial charge in [-0.1, -0.05) is 6.07 Å². The van der Waals surface area contributed by atoms with E-state index < -0.39 is 0 Å². The number of benzene rings is 1. The lowest BCUT2D eigenvalue weighted by Crippen LogP contribution is -2.01. The molecule has 0 saturated carbocycles. The lowest BCUT2D eigenvalue weighted by Gasteiger charge is -2.08. The Balaban J connectivity index is 1.68. The molecule has 0 radical (unpaired) electrons. The first-order chi connectivity index (χ1) is 8.74. The normalized spacial score (nSPS) is 10.6. The van der Waals surface area contributed by atoms with Gasteiger partial charge in [0.05, 0.1) is 12.9 Å². The van der Waals surface area contributed by atoms with Crippen LogP contribution in [0.2, 0.25) is 0 Å². The first kappa shape index (κ1) is 12.7. The highest BCUT2D eigenvalue weighted by Gasteiger charge is 1.97. The number of imidazole rings is 1. The molecule has 0 atom stereocenters. The Morgan fingerprint density at radius 1 is 1.11 bits per heavy atom. The summed E-state index contributed by atoms with van der Waals surface area (Å²) in [6.45, 7) is 5.98. The molecule has 18 heavy (non-hydrogen) atoms. The molecule has 0 aliphatic rings. The minimum absolute atomic E-state index is 0.775. The Labute approximate surface area is 108 Å². The molecule has 3 heteroatoms. The van der Waals surface area contributed by atoms with Crippen molar-refractivity contribution in [3.8, 4) is 5.75 Å². The van der Waals surface area contributed by atoms with Crippen molar-refractivity contribution in [1.29, 1.82) is 0 Å². The molecule has 1 aromatic carbocycles. The van der Waals surface area contributed by atoms with Gasteiger partial charge in [-0.2, -0.15) is 0 Å². The number of hydrogen-bond acceptors (Lipinski definition) is 2. The molecule has 0 bridgehead atoms. The minimum Gasteiger partial charge on any atom is -0.494 e. The van der Waals surface area contributed by atoms with Crippen molar-refractivity contribution in [3.63, 3.8) is 0 Å². The summed E-state index contributed by atoms with van der Waals surface area (Å²) in [5.74, 6) is 0.982. The molecule has 0 saturated heterocycles. The summed E-state index contributed by atoms with van der Waals surface area (Å²) >= 11 is 0.